The van der Waals surface area contributed by atoms with Crippen LogP contribution in [0, 0.1) is 0 Å². The van der Waals surface area contributed by atoms with Gasteiger partial charge < -0.3 is 20.3 Å². The van der Waals surface area contributed by atoms with Crippen LogP contribution in [0.4, 0.5) is 5.13 Å². The summed E-state index contributed by atoms with van der Waals surface area (Å²) in [5.74, 6) is 1.53. The number of anilines is 1. The highest BCUT2D eigenvalue weighted by Gasteiger charge is 2.19. The van der Waals surface area contributed by atoms with Crippen LogP contribution in [-0.4, -0.2) is 55.2 Å². The van der Waals surface area contributed by atoms with E-state index in [2.05, 4.69) is 44.0 Å². The zero-order chi connectivity index (χ0) is 19.2. The van der Waals surface area contributed by atoms with Gasteiger partial charge >= 0.3 is 0 Å². The van der Waals surface area contributed by atoms with Gasteiger partial charge in [-0.3, -0.25) is 4.99 Å². The molecular weight excluding hydrogens is 370 g/mol. The number of piperazine rings is 1. The maximum atomic E-state index is 6.17. The summed E-state index contributed by atoms with van der Waals surface area (Å²) in [6.45, 7) is 4.91. The van der Waals surface area contributed by atoms with Crippen molar-refractivity contribution in [2.45, 2.75) is 6.42 Å². The van der Waals surface area contributed by atoms with Crippen LogP contribution in [0.5, 0.6) is 5.75 Å². The monoisotopic (exact) mass is 395 g/mol. The number of hydrogen-bond acceptors (Lipinski definition) is 5. The lowest BCUT2D eigenvalue weighted by Gasteiger charge is -2.35. The lowest BCUT2D eigenvalue weighted by atomic mass is 10.1. The van der Waals surface area contributed by atoms with Crippen LogP contribution < -0.4 is 15.4 Å². The number of ether oxygens (including phenoxy) is 1. The Morgan fingerprint density at radius 3 is 2.71 bits per heavy atom. The van der Waals surface area contributed by atoms with Gasteiger partial charge in [-0.1, -0.05) is 30.3 Å². The first kappa shape index (κ1) is 18.6. The molecule has 0 atom stereocenters. The summed E-state index contributed by atoms with van der Waals surface area (Å²) >= 11 is 1.68. The molecule has 4 rings (SSSR count). The molecule has 1 fully saturated rings. The fraction of sp³-hybridized carbons (Fsp3) is 0.333. The summed E-state index contributed by atoms with van der Waals surface area (Å²) < 4.78 is 5.86. The molecule has 28 heavy (non-hydrogen) atoms. The lowest BCUT2D eigenvalue weighted by molar-refractivity contribution is 0.313. The van der Waals surface area contributed by atoms with E-state index < -0.39 is 0 Å². The van der Waals surface area contributed by atoms with Crippen molar-refractivity contribution in [2.75, 3.05) is 44.2 Å². The van der Waals surface area contributed by atoms with Gasteiger partial charge in [0, 0.05) is 50.7 Å². The summed E-state index contributed by atoms with van der Waals surface area (Å²) in [7, 11) is 0. The second-order valence-corrected chi connectivity index (χ2v) is 7.61. The fourth-order valence-corrected chi connectivity index (χ4v) is 4.00. The van der Waals surface area contributed by atoms with Gasteiger partial charge in [0.25, 0.3) is 0 Å². The summed E-state index contributed by atoms with van der Waals surface area (Å²) in [6.07, 6.45) is 2.69. The minimum Gasteiger partial charge on any atom is -0.494 e. The van der Waals surface area contributed by atoms with Gasteiger partial charge in [0.2, 0.25) is 0 Å². The molecule has 2 N–H and O–H groups in total. The molecule has 3 aromatic rings. The molecule has 0 amide bonds. The maximum absolute atomic E-state index is 6.17. The van der Waals surface area contributed by atoms with E-state index in [-0.39, 0.29) is 0 Å². The zero-order valence-corrected chi connectivity index (χ0v) is 16.6. The van der Waals surface area contributed by atoms with E-state index in [1.54, 1.807) is 11.3 Å². The Morgan fingerprint density at radius 1 is 1.11 bits per heavy atom. The molecule has 1 saturated heterocycles. The van der Waals surface area contributed by atoms with E-state index in [1.165, 1.54) is 10.8 Å². The molecule has 0 bridgehead atoms. The Balaban J connectivity index is 1.19. The van der Waals surface area contributed by atoms with Crippen molar-refractivity contribution in [3.05, 3.63) is 54.0 Å². The van der Waals surface area contributed by atoms with Crippen molar-refractivity contribution in [3.63, 3.8) is 0 Å². The van der Waals surface area contributed by atoms with Gasteiger partial charge in [-0.15, -0.1) is 11.3 Å². The minimum atomic E-state index is 0.629. The van der Waals surface area contributed by atoms with Crippen molar-refractivity contribution >= 4 is 33.2 Å². The second-order valence-electron chi connectivity index (χ2n) is 6.74. The standard InChI is InChI=1S/C21H25N5OS/c22-20(25-10-12-26(13-11-25)21-24-9-15-28-21)23-8-3-14-27-19-7-6-17-4-1-2-5-18(17)16-19/h1-2,4-7,9,15-16H,3,8,10-14H2,(H2,22,23). The third-order valence-electron chi connectivity index (χ3n) is 4.86. The van der Waals surface area contributed by atoms with Crippen LogP contribution in [-0.2, 0) is 0 Å². The van der Waals surface area contributed by atoms with Gasteiger partial charge in [-0.2, -0.15) is 0 Å². The SMILES string of the molecule is NC(=NCCCOc1ccc2ccccc2c1)N1CCN(c2nccs2)CC1. The van der Waals surface area contributed by atoms with E-state index in [1.807, 2.05) is 29.8 Å². The Bertz CT molecular complexity index is 919. The highest BCUT2D eigenvalue weighted by molar-refractivity contribution is 7.13. The minimum absolute atomic E-state index is 0.629. The molecule has 0 saturated carbocycles. The van der Waals surface area contributed by atoms with Crippen LogP contribution in [0.25, 0.3) is 10.8 Å². The molecule has 2 aromatic carbocycles. The number of benzene rings is 2. The molecule has 7 heteroatoms. The number of hydrogen-bond donors (Lipinski definition) is 1. The average Bonchev–Trinajstić information content (AvgIpc) is 3.28. The topological polar surface area (TPSA) is 67.0 Å². The molecule has 0 unspecified atom stereocenters. The number of fused-ring (bicyclic) bond motifs is 1. The number of aromatic nitrogens is 1. The first-order valence-corrected chi connectivity index (χ1v) is 10.5. The Labute approximate surface area is 169 Å². The molecule has 0 aliphatic carbocycles. The van der Waals surface area contributed by atoms with Crippen molar-refractivity contribution < 1.29 is 4.74 Å². The number of guanidine groups is 1. The van der Waals surface area contributed by atoms with Gasteiger partial charge in [0.1, 0.15) is 5.75 Å². The van der Waals surface area contributed by atoms with Crippen LogP contribution in [0.1, 0.15) is 6.42 Å². The molecule has 0 radical (unpaired) electrons. The quantitative estimate of drug-likeness (QED) is 0.394. The van der Waals surface area contributed by atoms with Gasteiger partial charge in [-0.25, -0.2) is 4.98 Å². The van der Waals surface area contributed by atoms with Crippen molar-refractivity contribution in [1.29, 1.82) is 0 Å². The fourth-order valence-electron chi connectivity index (χ4n) is 3.30. The lowest BCUT2D eigenvalue weighted by Crippen LogP contribution is -2.51. The second kappa shape index (κ2) is 8.93. The van der Waals surface area contributed by atoms with Crippen LogP contribution in [0.3, 0.4) is 0 Å². The van der Waals surface area contributed by atoms with Gasteiger partial charge in [0.05, 0.1) is 6.61 Å². The third kappa shape index (κ3) is 4.54. The van der Waals surface area contributed by atoms with Crippen molar-refractivity contribution in [1.82, 2.24) is 9.88 Å². The van der Waals surface area contributed by atoms with E-state index in [9.17, 15) is 0 Å². The summed E-state index contributed by atoms with van der Waals surface area (Å²) in [6, 6.07) is 14.5. The molecule has 146 valence electrons. The molecule has 2 heterocycles. The Hall–Kier alpha value is -2.80. The largest absolute Gasteiger partial charge is 0.494 e. The Kier molecular flexibility index (Phi) is 5.92. The normalized spacial score (nSPS) is 15.2. The average molecular weight is 396 g/mol. The van der Waals surface area contributed by atoms with E-state index >= 15 is 0 Å². The molecule has 1 aromatic heterocycles. The Morgan fingerprint density at radius 2 is 1.93 bits per heavy atom. The number of nitrogens with two attached hydrogens (primary N) is 1. The molecule has 1 aliphatic rings. The smallest absolute Gasteiger partial charge is 0.191 e. The van der Waals surface area contributed by atoms with Crippen molar-refractivity contribution in [2.24, 2.45) is 10.7 Å². The maximum Gasteiger partial charge on any atom is 0.191 e. The summed E-state index contributed by atoms with van der Waals surface area (Å²) in [5, 5.41) is 5.51. The zero-order valence-electron chi connectivity index (χ0n) is 15.8. The van der Waals surface area contributed by atoms with Gasteiger partial charge in [0.15, 0.2) is 11.1 Å². The summed E-state index contributed by atoms with van der Waals surface area (Å²) in [4.78, 5) is 13.3. The van der Waals surface area contributed by atoms with E-state index in [0.29, 0.717) is 19.1 Å². The highest BCUT2D eigenvalue weighted by atomic mass is 32.1. The first-order chi connectivity index (χ1) is 13.8. The summed E-state index contributed by atoms with van der Waals surface area (Å²) in [5.41, 5.74) is 6.17. The van der Waals surface area contributed by atoms with Crippen molar-refractivity contribution in [3.8, 4) is 5.75 Å². The van der Waals surface area contributed by atoms with Crippen LogP contribution in [0.2, 0.25) is 0 Å². The number of thiazole rings is 1. The molecule has 1 aliphatic heterocycles. The first-order valence-electron chi connectivity index (χ1n) is 9.60. The number of rotatable bonds is 6. The predicted molar refractivity (Wildman–Crippen MR) is 116 cm³/mol. The van der Waals surface area contributed by atoms with E-state index in [0.717, 1.165) is 43.5 Å². The molecule has 6 nitrogen and oxygen atoms in total. The highest BCUT2D eigenvalue weighted by Crippen LogP contribution is 2.21. The predicted octanol–water partition coefficient (Wildman–Crippen LogP) is 3.20. The third-order valence-corrected chi connectivity index (χ3v) is 5.69. The van der Waals surface area contributed by atoms with Gasteiger partial charge in [-0.05, 0) is 22.9 Å². The van der Waals surface area contributed by atoms with E-state index in [4.69, 9.17) is 10.5 Å². The molecule has 0 spiro atoms. The number of nitrogens with zero attached hydrogens (tertiary/aromatic N) is 4. The van der Waals surface area contributed by atoms with Crippen LogP contribution in [0.15, 0.2) is 59.0 Å². The number of aliphatic imine (C=N–C) groups is 1. The van der Waals surface area contributed by atoms with Crippen LogP contribution >= 0.6 is 11.3 Å². The molecular formula is C21H25N5OS.